The molecule has 0 saturated carbocycles. The van der Waals surface area contributed by atoms with Crippen molar-refractivity contribution in [1.29, 1.82) is 0 Å². The van der Waals surface area contributed by atoms with Gasteiger partial charge in [-0.2, -0.15) is 13.2 Å². The van der Waals surface area contributed by atoms with Gasteiger partial charge in [-0.3, -0.25) is 0 Å². The monoisotopic (exact) mass is 365 g/mol. The maximum absolute atomic E-state index is 12.8. The number of alkyl halides is 3. The van der Waals surface area contributed by atoms with Crippen molar-refractivity contribution in [3.05, 3.63) is 42.4 Å². The highest BCUT2D eigenvalue weighted by atomic mass is 32.1. The van der Waals surface area contributed by atoms with Gasteiger partial charge in [-0.15, -0.1) is 0 Å². The van der Waals surface area contributed by atoms with Crippen LogP contribution < -0.4 is 9.80 Å². The molecule has 0 radical (unpaired) electrons. The average Bonchev–Trinajstić information content (AvgIpc) is 3.05. The van der Waals surface area contributed by atoms with Gasteiger partial charge in [0.2, 0.25) is 0 Å². The van der Waals surface area contributed by atoms with Crippen LogP contribution in [-0.2, 0) is 6.18 Å². The van der Waals surface area contributed by atoms with E-state index in [2.05, 4.69) is 19.9 Å². The summed E-state index contributed by atoms with van der Waals surface area (Å²) in [6, 6.07) is 8.96. The van der Waals surface area contributed by atoms with Crippen LogP contribution in [0, 0.1) is 0 Å². The van der Waals surface area contributed by atoms with Crippen LogP contribution in [0.5, 0.6) is 0 Å². The van der Waals surface area contributed by atoms with Crippen LogP contribution in [0.15, 0.2) is 36.7 Å². The first kappa shape index (κ1) is 16.1. The third kappa shape index (κ3) is 3.23. The Morgan fingerprint density at radius 2 is 1.68 bits per heavy atom. The Kier molecular flexibility index (Phi) is 3.95. The van der Waals surface area contributed by atoms with E-state index in [0.29, 0.717) is 32.0 Å². The molecular formula is C16H14F3N5S. The van der Waals surface area contributed by atoms with Gasteiger partial charge in [0, 0.05) is 32.2 Å². The van der Waals surface area contributed by atoms with Gasteiger partial charge in [0.25, 0.3) is 0 Å². The molecule has 0 spiro atoms. The van der Waals surface area contributed by atoms with Gasteiger partial charge in [0.15, 0.2) is 5.13 Å². The highest BCUT2D eigenvalue weighted by Crippen LogP contribution is 2.31. The summed E-state index contributed by atoms with van der Waals surface area (Å²) in [6.07, 6.45) is -3.49. The molecule has 1 fully saturated rings. The topological polar surface area (TPSA) is 45.2 Å². The summed E-state index contributed by atoms with van der Waals surface area (Å²) in [5.41, 5.74) is 0.0571. The van der Waals surface area contributed by atoms with Crippen molar-refractivity contribution < 1.29 is 13.2 Å². The summed E-state index contributed by atoms with van der Waals surface area (Å²) < 4.78 is 39.5. The van der Waals surface area contributed by atoms with Crippen LogP contribution in [0.2, 0.25) is 0 Å². The van der Waals surface area contributed by atoms with Crippen LogP contribution in [0.3, 0.4) is 0 Å². The first-order chi connectivity index (χ1) is 12.0. The lowest BCUT2D eigenvalue weighted by Gasteiger charge is -2.35. The molecule has 1 aromatic carbocycles. The molecule has 0 atom stereocenters. The number of benzene rings is 1. The van der Waals surface area contributed by atoms with E-state index >= 15 is 0 Å². The minimum absolute atomic E-state index is 0.311. The van der Waals surface area contributed by atoms with Gasteiger partial charge in [0.05, 0.1) is 10.2 Å². The van der Waals surface area contributed by atoms with E-state index < -0.39 is 11.9 Å². The van der Waals surface area contributed by atoms with Crippen molar-refractivity contribution in [3.63, 3.8) is 0 Å². The molecule has 1 saturated heterocycles. The number of thiazole rings is 1. The number of hydrogen-bond donors (Lipinski definition) is 0. The molecule has 1 aliphatic heterocycles. The number of nitrogens with zero attached hydrogens (tertiary/aromatic N) is 5. The number of halogens is 3. The third-order valence-electron chi connectivity index (χ3n) is 4.10. The zero-order valence-corrected chi connectivity index (χ0v) is 13.9. The van der Waals surface area contributed by atoms with Crippen LogP contribution in [0.25, 0.3) is 10.2 Å². The first-order valence-corrected chi connectivity index (χ1v) is 8.57. The van der Waals surface area contributed by atoms with Crippen molar-refractivity contribution in [2.45, 2.75) is 6.18 Å². The van der Waals surface area contributed by atoms with Gasteiger partial charge in [-0.25, -0.2) is 15.0 Å². The molecule has 130 valence electrons. The van der Waals surface area contributed by atoms with Gasteiger partial charge in [-0.05, 0) is 12.1 Å². The minimum Gasteiger partial charge on any atom is -0.353 e. The number of anilines is 2. The molecule has 0 bridgehead atoms. The summed E-state index contributed by atoms with van der Waals surface area (Å²) in [4.78, 5) is 15.9. The summed E-state index contributed by atoms with van der Waals surface area (Å²) in [5, 5.41) is 0.944. The zero-order valence-electron chi connectivity index (χ0n) is 13.1. The smallest absolute Gasteiger partial charge is 0.353 e. The van der Waals surface area contributed by atoms with Gasteiger partial charge < -0.3 is 9.80 Å². The van der Waals surface area contributed by atoms with Crippen LogP contribution in [0.1, 0.15) is 5.69 Å². The number of piperazine rings is 1. The van der Waals surface area contributed by atoms with Crippen molar-refractivity contribution in [2.24, 2.45) is 0 Å². The molecular weight excluding hydrogens is 351 g/mol. The fraction of sp³-hybridized carbons (Fsp3) is 0.312. The van der Waals surface area contributed by atoms with E-state index in [0.717, 1.165) is 27.7 Å². The second kappa shape index (κ2) is 6.14. The van der Waals surface area contributed by atoms with Crippen LogP contribution in [-0.4, -0.2) is 41.1 Å². The molecule has 3 heterocycles. The molecule has 3 aromatic rings. The number of para-hydroxylation sites is 1. The molecule has 1 aliphatic rings. The van der Waals surface area contributed by atoms with Crippen LogP contribution in [0.4, 0.5) is 24.1 Å². The standard InChI is InChI=1S/C16H14F3N5S/c17-16(18,19)13-9-14(21-10-20-13)23-5-7-24(8-6-23)15-22-11-3-1-2-4-12(11)25-15/h1-4,9-10H,5-8H2. The third-order valence-corrected chi connectivity index (χ3v) is 5.20. The fourth-order valence-electron chi connectivity index (χ4n) is 2.80. The summed E-state index contributed by atoms with van der Waals surface area (Å²) in [5.74, 6) is 0.311. The van der Waals surface area contributed by atoms with E-state index in [1.165, 1.54) is 0 Å². The number of fused-ring (bicyclic) bond motifs is 1. The highest BCUT2D eigenvalue weighted by molar-refractivity contribution is 7.22. The molecule has 5 nitrogen and oxygen atoms in total. The predicted octanol–water partition coefficient (Wildman–Crippen LogP) is 3.43. The van der Waals surface area contributed by atoms with E-state index in [-0.39, 0.29) is 0 Å². The maximum atomic E-state index is 12.8. The quantitative estimate of drug-likeness (QED) is 0.696. The predicted molar refractivity (Wildman–Crippen MR) is 91.1 cm³/mol. The summed E-state index contributed by atoms with van der Waals surface area (Å²) in [6.45, 7) is 2.55. The molecule has 25 heavy (non-hydrogen) atoms. The Hall–Kier alpha value is -2.42. The molecule has 9 heteroatoms. The zero-order chi connectivity index (χ0) is 17.4. The second-order valence-electron chi connectivity index (χ2n) is 5.70. The summed E-state index contributed by atoms with van der Waals surface area (Å²) >= 11 is 1.63. The van der Waals surface area contributed by atoms with Crippen molar-refractivity contribution in [1.82, 2.24) is 15.0 Å². The SMILES string of the molecule is FC(F)(F)c1cc(N2CCN(c3nc4ccccc4s3)CC2)ncn1. The normalized spacial score (nSPS) is 15.8. The molecule has 2 aromatic heterocycles. The van der Waals surface area contributed by atoms with Gasteiger partial charge in [-0.1, -0.05) is 23.5 Å². The lowest BCUT2D eigenvalue weighted by Crippen LogP contribution is -2.46. The molecule has 0 aliphatic carbocycles. The average molecular weight is 365 g/mol. The molecule has 0 unspecified atom stereocenters. The van der Waals surface area contributed by atoms with Gasteiger partial charge in [0.1, 0.15) is 17.8 Å². The Morgan fingerprint density at radius 1 is 0.960 bits per heavy atom. The minimum atomic E-state index is -4.46. The van der Waals surface area contributed by atoms with Crippen molar-refractivity contribution >= 4 is 32.5 Å². The number of rotatable bonds is 2. The van der Waals surface area contributed by atoms with E-state index in [1.54, 1.807) is 11.3 Å². The Labute approximate surface area is 145 Å². The van der Waals surface area contributed by atoms with E-state index in [4.69, 9.17) is 0 Å². The van der Waals surface area contributed by atoms with Crippen molar-refractivity contribution in [3.8, 4) is 0 Å². The van der Waals surface area contributed by atoms with E-state index in [1.807, 2.05) is 29.2 Å². The lowest BCUT2D eigenvalue weighted by molar-refractivity contribution is -0.141. The Morgan fingerprint density at radius 3 is 2.40 bits per heavy atom. The summed E-state index contributed by atoms with van der Waals surface area (Å²) in [7, 11) is 0. The second-order valence-corrected chi connectivity index (χ2v) is 6.71. The molecule has 0 amide bonds. The largest absolute Gasteiger partial charge is 0.433 e. The highest BCUT2D eigenvalue weighted by Gasteiger charge is 2.33. The molecule has 0 N–H and O–H groups in total. The van der Waals surface area contributed by atoms with Gasteiger partial charge >= 0.3 is 6.18 Å². The Bertz CT molecular complexity index is 854. The van der Waals surface area contributed by atoms with Crippen molar-refractivity contribution in [2.75, 3.05) is 36.0 Å². The van der Waals surface area contributed by atoms with Crippen LogP contribution >= 0.6 is 11.3 Å². The Balaban J connectivity index is 1.48. The fourth-order valence-corrected chi connectivity index (χ4v) is 3.81. The first-order valence-electron chi connectivity index (χ1n) is 7.75. The maximum Gasteiger partial charge on any atom is 0.433 e. The number of hydrogen-bond acceptors (Lipinski definition) is 6. The number of aromatic nitrogens is 3. The van der Waals surface area contributed by atoms with E-state index in [9.17, 15) is 13.2 Å². The lowest BCUT2D eigenvalue weighted by atomic mass is 10.3. The molecule has 4 rings (SSSR count).